The molecule has 10 heteroatoms. The van der Waals surface area contributed by atoms with Gasteiger partial charge in [0.2, 0.25) is 5.91 Å². The molecular weight excluding hydrogens is 305 g/mol. The van der Waals surface area contributed by atoms with Crippen LogP contribution in [0.15, 0.2) is 12.3 Å². The van der Waals surface area contributed by atoms with Crippen molar-refractivity contribution < 1.29 is 27.0 Å². The highest BCUT2D eigenvalue weighted by Gasteiger charge is 2.28. The van der Waals surface area contributed by atoms with Gasteiger partial charge in [-0.25, -0.2) is 14.2 Å². The van der Waals surface area contributed by atoms with Gasteiger partial charge in [0.05, 0.1) is 5.75 Å². The lowest BCUT2D eigenvalue weighted by atomic mass is 10.2. The number of imide groups is 1. The minimum atomic E-state index is -4.22. The van der Waals surface area contributed by atoms with E-state index in [2.05, 4.69) is 4.98 Å². The van der Waals surface area contributed by atoms with Gasteiger partial charge in [-0.3, -0.25) is 19.6 Å². The van der Waals surface area contributed by atoms with E-state index in [1.807, 2.05) is 5.32 Å². The number of urea groups is 1. The van der Waals surface area contributed by atoms with E-state index in [1.165, 1.54) is 12.3 Å². The number of rotatable bonds is 4. The van der Waals surface area contributed by atoms with Crippen LogP contribution in [0.5, 0.6) is 0 Å². The van der Waals surface area contributed by atoms with Crippen LogP contribution in [0.25, 0.3) is 0 Å². The highest BCUT2D eigenvalue weighted by molar-refractivity contribution is 7.85. The van der Waals surface area contributed by atoms with E-state index in [0.29, 0.717) is 0 Å². The molecule has 2 rings (SSSR count). The Bertz CT molecular complexity index is 691. The minimum Gasteiger partial charge on any atom is -0.286 e. The Kier molecular flexibility index (Phi) is 4.19. The summed E-state index contributed by atoms with van der Waals surface area (Å²) in [5, 5.41) is 2.04. The van der Waals surface area contributed by atoms with E-state index in [9.17, 15) is 22.4 Å². The van der Waals surface area contributed by atoms with Crippen molar-refractivity contribution >= 4 is 27.9 Å². The van der Waals surface area contributed by atoms with Crippen molar-refractivity contribution in [1.29, 1.82) is 0 Å². The van der Waals surface area contributed by atoms with Gasteiger partial charge in [0, 0.05) is 19.2 Å². The van der Waals surface area contributed by atoms with Gasteiger partial charge < -0.3 is 0 Å². The molecule has 1 aromatic rings. The summed E-state index contributed by atoms with van der Waals surface area (Å²) in [6.45, 7) is -0.0175. The van der Waals surface area contributed by atoms with Crippen LogP contribution in [0.3, 0.4) is 0 Å². The van der Waals surface area contributed by atoms with E-state index in [0.717, 1.165) is 4.90 Å². The number of aryl methyl sites for hydroxylation is 1. The number of halogens is 1. The second-order valence-corrected chi connectivity index (χ2v) is 5.97. The van der Waals surface area contributed by atoms with Gasteiger partial charge in [-0.2, -0.15) is 8.42 Å². The molecule has 0 bridgehead atoms. The van der Waals surface area contributed by atoms with Crippen LogP contribution in [0.1, 0.15) is 12.0 Å². The first-order chi connectivity index (χ1) is 9.78. The first kappa shape index (κ1) is 15.3. The predicted octanol–water partition coefficient (Wildman–Crippen LogP) is 0.0973. The van der Waals surface area contributed by atoms with Crippen LogP contribution in [0.4, 0.5) is 15.0 Å². The summed E-state index contributed by atoms with van der Waals surface area (Å²) in [6, 6.07) is 0.474. The Morgan fingerprint density at radius 2 is 2.14 bits per heavy atom. The fraction of sp³-hybridized carbons (Fsp3) is 0.364. The summed E-state index contributed by atoms with van der Waals surface area (Å²) in [6.07, 6.45) is 0.984. The summed E-state index contributed by atoms with van der Waals surface area (Å²) in [4.78, 5) is 27.4. The smallest absolute Gasteiger partial charge is 0.286 e. The highest BCUT2D eigenvalue weighted by atomic mass is 32.2. The third-order valence-electron chi connectivity index (χ3n) is 2.89. The number of nitrogens with one attached hydrogen (secondary N) is 1. The van der Waals surface area contributed by atoms with E-state index < -0.39 is 33.6 Å². The molecule has 0 atom stereocenters. The Morgan fingerprint density at radius 3 is 2.76 bits per heavy atom. The van der Waals surface area contributed by atoms with Crippen LogP contribution in [0, 0.1) is 5.82 Å². The predicted molar refractivity (Wildman–Crippen MR) is 69.8 cm³/mol. The van der Waals surface area contributed by atoms with E-state index in [1.54, 1.807) is 0 Å². The van der Waals surface area contributed by atoms with Crippen molar-refractivity contribution in [3.63, 3.8) is 0 Å². The number of amides is 3. The molecule has 1 fully saturated rings. The highest BCUT2D eigenvalue weighted by Crippen LogP contribution is 2.21. The lowest BCUT2D eigenvalue weighted by Gasteiger charge is -2.26. The number of carbonyl (C=O) groups excluding carboxylic acids is 2. The molecule has 1 aliphatic rings. The average molecular weight is 317 g/mol. The maximum atomic E-state index is 14.3. The third-order valence-corrected chi connectivity index (χ3v) is 3.61. The Hall–Kier alpha value is -2.07. The molecule has 114 valence electrons. The number of hydrogen-bond donors (Lipinski definition) is 2. The SMILES string of the molecule is O=C1CCN(c2nccc(CCS(=O)(=O)O)c2F)C(=O)N1. The molecule has 0 saturated carbocycles. The summed E-state index contributed by atoms with van der Waals surface area (Å²) in [5.41, 5.74) is 0.00215. The first-order valence-corrected chi connectivity index (χ1v) is 7.59. The molecule has 8 nitrogen and oxygen atoms in total. The summed E-state index contributed by atoms with van der Waals surface area (Å²) in [5.74, 6) is -2.24. The molecule has 21 heavy (non-hydrogen) atoms. The van der Waals surface area contributed by atoms with E-state index in [-0.39, 0.29) is 30.8 Å². The standard InChI is InChI=1S/C11H12FN3O5S/c12-9-7(3-6-21(18,19)20)1-4-13-10(9)15-5-2-8(16)14-11(15)17/h1,4H,2-3,5-6H2,(H,14,16,17)(H,18,19,20). The minimum absolute atomic E-state index is 0.00215. The van der Waals surface area contributed by atoms with Crippen LogP contribution in [-0.4, -0.2) is 42.2 Å². The number of carbonyl (C=O) groups is 2. The van der Waals surface area contributed by atoms with Crippen LogP contribution in [-0.2, 0) is 21.3 Å². The number of nitrogens with zero attached hydrogens (tertiary/aromatic N) is 2. The molecule has 0 aliphatic carbocycles. The van der Waals surface area contributed by atoms with Crippen molar-refractivity contribution in [3.05, 3.63) is 23.6 Å². The summed E-state index contributed by atoms with van der Waals surface area (Å²) >= 11 is 0. The van der Waals surface area contributed by atoms with E-state index in [4.69, 9.17) is 4.55 Å². The molecule has 1 aromatic heterocycles. The van der Waals surface area contributed by atoms with Gasteiger partial charge in [0.25, 0.3) is 10.1 Å². The molecule has 2 N–H and O–H groups in total. The van der Waals surface area contributed by atoms with Gasteiger partial charge in [0.15, 0.2) is 11.6 Å². The van der Waals surface area contributed by atoms with Gasteiger partial charge in [-0.1, -0.05) is 0 Å². The molecule has 0 aromatic carbocycles. The van der Waals surface area contributed by atoms with Crippen molar-refractivity contribution in [2.45, 2.75) is 12.8 Å². The fourth-order valence-corrected chi connectivity index (χ4v) is 2.34. The average Bonchev–Trinajstić information content (AvgIpc) is 2.37. The number of aromatic nitrogens is 1. The Morgan fingerprint density at radius 1 is 1.43 bits per heavy atom. The monoisotopic (exact) mass is 317 g/mol. The van der Waals surface area contributed by atoms with Crippen molar-refractivity contribution in [2.75, 3.05) is 17.2 Å². The number of anilines is 1. The number of pyridine rings is 1. The molecule has 1 aliphatic heterocycles. The zero-order chi connectivity index (χ0) is 15.6. The molecule has 3 amide bonds. The molecular formula is C11H12FN3O5S. The van der Waals surface area contributed by atoms with Crippen molar-refractivity contribution in [3.8, 4) is 0 Å². The van der Waals surface area contributed by atoms with Crippen molar-refractivity contribution in [1.82, 2.24) is 10.3 Å². The van der Waals surface area contributed by atoms with Gasteiger partial charge in [0.1, 0.15) is 0 Å². The molecule has 1 saturated heterocycles. The number of hydrogen-bond acceptors (Lipinski definition) is 5. The second-order valence-electron chi connectivity index (χ2n) is 4.40. The Balaban J connectivity index is 2.25. The largest absolute Gasteiger partial charge is 0.329 e. The van der Waals surface area contributed by atoms with Gasteiger partial charge >= 0.3 is 6.03 Å². The topological polar surface area (TPSA) is 117 Å². The first-order valence-electron chi connectivity index (χ1n) is 5.98. The molecule has 0 unspecified atom stereocenters. The summed E-state index contributed by atoms with van der Waals surface area (Å²) in [7, 11) is -4.22. The van der Waals surface area contributed by atoms with Gasteiger partial charge in [-0.15, -0.1) is 0 Å². The quantitative estimate of drug-likeness (QED) is 0.761. The molecule has 2 heterocycles. The summed E-state index contributed by atoms with van der Waals surface area (Å²) < 4.78 is 44.3. The van der Waals surface area contributed by atoms with Crippen LogP contribution >= 0.6 is 0 Å². The van der Waals surface area contributed by atoms with Crippen LogP contribution in [0.2, 0.25) is 0 Å². The second kappa shape index (κ2) is 5.74. The zero-order valence-electron chi connectivity index (χ0n) is 10.7. The van der Waals surface area contributed by atoms with Crippen LogP contribution < -0.4 is 10.2 Å². The zero-order valence-corrected chi connectivity index (χ0v) is 11.6. The normalized spacial score (nSPS) is 16.0. The van der Waals surface area contributed by atoms with Gasteiger partial charge in [-0.05, 0) is 18.1 Å². The molecule has 0 radical (unpaired) electrons. The molecule has 0 spiro atoms. The van der Waals surface area contributed by atoms with E-state index >= 15 is 0 Å². The Labute approximate surface area is 119 Å². The lowest BCUT2D eigenvalue weighted by molar-refractivity contribution is -0.120. The lowest BCUT2D eigenvalue weighted by Crippen LogP contribution is -2.50. The fourth-order valence-electron chi connectivity index (χ4n) is 1.86. The third kappa shape index (κ3) is 3.73. The maximum Gasteiger partial charge on any atom is 0.329 e. The maximum absolute atomic E-state index is 14.3. The van der Waals surface area contributed by atoms with Crippen molar-refractivity contribution in [2.24, 2.45) is 0 Å².